The average Bonchev–Trinajstić information content (AvgIpc) is 2.80. The molecule has 2 fully saturated rings. The summed E-state index contributed by atoms with van der Waals surface area (Å²) in [5.41, 5.74) is -2.51. The van der Waals surface area contributed by atoms with Gasteiger partial charge in [0.25, 0.3) is 0 Å². The highest BCUT2D eigenvalue weighted by Crippen LogP contribution is 2.48. The molecular weight excluding hydrogens is 481 g/mol. The molecule has 4 unspecified atom stereocenters. The predicted octanol–water partition coefficient (Wildman–Crippen LogP) is 8.93. The average molecular weight is 509 g/mol. The maximum atomic E-state index is 14.8. The van der Waals surface area contributed by atoms with Crippen molar-refractivity contribution in [1.82, 2.24) is 0 Å². The van der Waals surface area contributed by atoms with Gasteiger partial charge in [0.2, 0.25) is 0 Å². The third-order valence-corrected chi connectivity index (χ3v) is 7.69. The van der Waals surface area contributed by atoms with E-state index in [-0.39, 0.29) is 5.92 Å². The first kappa shape index (κ1) is 26.3. The van der Waals surface area contributed by atoms with Gasteiger partial charge < -0.3 is 0 Å². The fourth-order valence-electron chi connectivity index (χ4n) is 5.90. The summed E-state index contributed by atoms with van der Waals surface area (Å²) in [6.45, 7) is 3.80. The largest absolute Gasteiger partial charge is 0.422 e. The Labute approximate surface area is 206 Å². The van der Waals surface area contributed by atoms with Gasteiger partial charge in [-0.1, -0.05) is 24.3 Å². The van der Waals surface area contributed by atoms with Gasteiger partial charge in [-0.15, -0.1) is 6.58 Å². The van der Waals surface area contributed by atoms with Crippen molar-refractivity contribution in [2.45, 2.75) is 63.5 Å². The van der Waals surface area contributed by atoms with Crippen molar-refractivity contribution in [3.63, 3.8) is 0 Å². The minimum absolute atomic E-state index is 0.0417. The van der Waals surface area contributed by atoms with E-state index in [1.54, 1.807) is 0 Å². The molecule has 2 aliphatic rings. The lowest BCUT2D eigenvalue weighted by Crippen LogP contribution is -2.30. The lowest BCUT2D eigenvalue weighted by molar-refractivity contribution is -0.142. The molecule has 0 aliphatic heterocycles. The number of rotatable bonds is 4. The molecular formula is C29H27F7. The monoisotopic (exact) mass is 508 g/mol. The van der Waals surface area contributed by atoms with E-state index in [2.05, 4.69) is 18.4 Å². The summed E-state index contributed by atoms with van der Waals surface area (Å²) in [6, 6.07) is 3.30. The maximum absolute atomic E-state index is 14.8. The molecule has 0 radical (unpaired) electrons. The zero-order valence-corrected chi connectivity index (χ0v) is 19.7. The Morgan fingerprint density at radius 3 is 2.03 bits per heavy atom. The van der Waals surface area contributed by atoms with Crippen molar-refractivity contribution in [3.8, 4) is 11.8 Å². The van der Waals surface area contributed by atoms with E-state index in [0.717, 1.165) is 38.0 Å². The second-order valence-corrected chi connectivity index (χ2v) is 10.00. The predicted molar refractivity (Wildman–Crippen MR) is 124 cm³/mol. The van der Waals surface area contributed by atoms with Gasteiger partial charge in [0.1, 0.15) is 28.8 Å². The second kappa shape index (κ2) is 10.7. The van der Waals surface area contributed by atoms with Gasteiger partial charge in [0, 0.05) is 5.56 Å². The molecule has 2 aromatic rings. The summed E-state index contributed by atoms with van der Waals surface area (Å²) in [4.78, 5) is 0. The lowest BCUT2D eigenvalue weighted by Gasteiger charge is -2.42. The lowest BCUT2D eigenvalue weighted by atomic mass is 9.63. The van der Waals surface area contributed by atoms with E-state index in [9.17, 15) is 30.7 Å². The third-order valence-electron chi connectivity index (χ3n) is 7.69. The van der Waals surface area contributed by atoms with Crippen molar-refractivity contribution in [2.24, 2.45) is 17.8 Å². The molecule has 0 heterocycles. The topological polar surface area (TPSA) is 0 Å². The highest BCUT2D eigenvalue weighted by atomic mass is 19.4. The normalized spacial score (nSPS) is 24.0. The number of alkyl halides is 3. The van der Waals surface area contributed by atoms with Crippen LogP contribution in [0.15, 0.2) is 36.9 Å². The van der Waals surface area contributed by atoms with E-state index in [1.807, 2.05) is 6.08 Å². The Morgan fingerprint density at radius 2 is 1.42 bits per heavy atom. The minimum atomic E-state index is -5.21. The summed E-state index contributed by atoms with van der Waals surface area (Å²) in [6.07, 6.45) is 5.20. The molecule has 2 saturated carbocycles. The SMILES string of the molecule is C=CCCC1CCC2CC(c3cc(F)c(C#Cc4cc(F)c(C(F)(F)F)c(F)c4)c(F)c3)CCC2C1. The van der Waals surface area contributed by atoms with Crippen LogP contribution in [-0.4, -0.2) is 0 Å². The van der Waals surface area contributed by atoms with Crippen LogP contribution >= 0.6 is 0 Å². The molecule has 0 bridgehead atoms. The summed E-state index contributed by atoms with van der Waals surface area (Å²) in [5.74, 6) is 0.829. The van der Waals surface area contributed by atoms with Crippen LogP contribution in [0, 0.1) is 52.9 Å². The fraction of sp³-hybridized carbons (Fsp3) is 0.448. The summed E-state index contributed by atoms with van der Waals surface area (Å²) in [7, 11) is 0. The molecule has 2 aliphatic carbocycles. The van der Waals surface area contributed by atoms with Crippen LogP contribution in [-0.2, 0) is 6.18 Å². The van der Waals surface area contributed by atoms with E-state index in [4.69, 9.17) is 0 Å². The molecule has 4 atom stereocenters. The Hall–Kier alpha value is -2.75. The van der Waals surface area contributed by atoms with Crippen molar-refractivity contribution < 1.29 is 30.7 Å². The van der Waals surface area contributed by atoms with Gasteiger partial charge in [0.05, 0.1) is 5.56 Å². The highest BCUT2D eigenvalue weighted by molar-refractivity contribution is 5.46. The zero-order valence-electron chi connectivity index (χ0n) is 19.7. The second-order valence-electron chi connectivity index (χ2n) is 10.00. The van der Waals surface area contributed by atoms with Gasteiger partial charge in [-0.2, -0.15) is 13.2 Å². The smallest absolute Gasteiger partial charge is 0.206 e. The number of fused-ring (bicyclic) bond motifs is 1. The van der Waals surface area contributed by atoms with Gasteiger partial charge in [0.15, 0.2) is 0 Å². The van der Waals surface area contributed by atoms with E-state index >= 15 is 0 Å². The zero-order chi connectivity index (χ0) is 26.0. The quantitative estimate of drug-likeness (QED) is 0.220. The van der Waals surface area contributed by atoms with Gasteiger partial charge >= 0.3 is 6.18 Å². The number of halogens is 7. The molecule has 2 aromatic carbocycles. The molecule has 0 nitrogen and oxygen atoms in total. The van der Waals surface area contributed by atoms with Gasteiger partial charge in [-0.05, 0) is 98.4 Å². The molecule has 4 rings (SSSR count). The third kappa shape index (κ3) is 5.79. The molecule has 0 aromatic heterocycles. The Kier molecular flexibility index (Phi) is 7.82. The first-order chi connectivity index (χ1) is 17.1. The first-order valence-electron chi connectivity index (χ1n) is 12.2. The number of hydrogen-bond donors (Lipinski definition) is 0. The summed E-state index contributed by atoms with van der Waals surface area (Å²) in [5, 5.41) is 0. The Bertz CT molecular complexity index is 1140. The Morgan fingerprint density at radius 1 is 0.806 bits per heavy atom. The molecule has 0 amide bonds. The molecule has 7 heteroatoms. The van der Waals surface area contributed by atoms with E-state index in [1.165, 1.54) is 31.4 Å². The number of benzene rings is 2. The van der Waals surface area contributed by atoms with Crippen LogP contribution in [0.25, 0.3) is 0 Å². The minimum Gasteiger partial charge on any atom is -0.206 e. The highest BCUT2D eigenvalue weighted by Gasteiger charge is 2.38. The van der Waals surface area contributed by atoms with Crippen molar-refractivity contribution in [2.75, 3.05) is 0 Å². The van der Waals surface area contributed by atoms with Gasteiger partial charge in [-0.3, -0.25) is 0 Å². The van der Waals surface area contributed by atoms with Crippen LogP contribution in [0.4, 0.5) is 30.7 Å². The Balaban J connectivity index is 1.49. The summed E-state index contributed by atoms with van der Waals surface area (Å²) >= 11 is 0. The molecule has 192 valence electrons. The standard InChI is InChI=1S/C29H27F7/c1-2-3-4-17-5-7-20-14-21(9-8-19(20)11-17)22-15-24(30)23(25(31)16-22)10-6-18-12-26(32)28(27(33)13-18)29(34,35)36/h2,12-13,15-17,19-21H,1,3-5,7-9,11,14H2. The van der Waals surface area contributed by atoms with E-state index < -0.39 is 46.1 Å². The maximum Gasteiger partial charge on any atom is 0.422 e. The van der Waals surface area contributed by atoms with Crippen molar-refractivity contribution in [1.29, 1.82) is 0 Å². The molecule has 36 heavy (non-hydrogen) atoms. The van der Waals surface area contributed by atoms with Crippen molar-refractivity contribution >= 4 is 0 Å². The van der Waals surface area contributed by atoms with Crippen molar-refractivity contribution in [3.05, 3.63) is 82.4 Å². The van der Waals surface area contributed by atoms with Crippen LogP contribution in [0.2, 0.25) is 0 Å². The van der Waals surface area contributed by atoms with Crippen LogP contribution in [0.1, 0.15) is 79.5 Å². The van der Waals surface area contributed by atoms with Gasteiger partial charge in [-0.25, -0.2) is 17.6 Å². The first-order valence-corrected chi connectivity index (χ1v) is 12.2. The molecule has 0 saturated heterocycles. The molecule has 0 N–H and O–H groups in total. The molecule has 0 spiro atoms. The summed E-state index contributed by atoms with van der Waals surface area (Å²) < 4.78 is 95.3. The van der Waals surface area contributed by atoms with Crippen LogP contribution in [0.3, 0.4) is 0 Å². The van der Waals surface area contributed by atoms with Crippen LogP contribution < -0.4 is 0 Å². The van der Waals surface area contributed by atoms with E-state index in [0.29, 0.717) is 29.5 Å². The van der Waals surface area contributed by atoms with Crippen LogP contribution in [0.5, 0.6) is 0 Å². The fourth-order valence-corrected chi connectivity index (χ4v) is 5.90. The number of hydrogen-bond acceptors (Lipinski definition) is 0. The number of allylic oxidation sites excluding steroid dienone is 1.